The van der Waals surface area contributed by atoms with Crippen LogP contribution in [0.1, 0.15) is 11.1 Å². The third-order valence-corrected chi connectivity index (χ3v) is 2.01. The van der Waals surface area contributed by atoms with Gasteiger partial charge in [0.05, 0.1) is 5.97 Å². The average molecular weight is 218 g/mol. The van der Waals surface area contributed by atoms with Gasteiger partial charge in [-0.3, -0.25) is 4.79 Å². The molecule has 0 aromatic heterocycles. The van der Waals surface area contributed by atoms with Gasteiger partial charge in [0.2, 0.25) is 5.91 Å². The van der Waals surface area contributed by atoms with Gasteiger partial charge in [0.1, 0.15) is 0 Å². The van der Waals surface area contributed by atoms with Gasteiger partial charge in [0.25, 0.3) is 0 Å². The molecule has 4 heteroatoms. The maximum Gasteiger partial charge on any atom is 0.248 e. The molecule has 0 fully saturated rings. The van der Waals surface area contributed by atoms with Gasteiger partial charge < -0.3 is 15.2 Å². The SMILES string of the molecule is Cc1ccc(NC(=O)C=CC(=O)[O-])c(C)c1. The van der Waals surface area contributed by atoms with Crippen molar-refractivity contribution in [1.29, 1.82) is 0 Å². The van der Waals surface area contributed by atoms with Crippen LogP contribution >= 0.6 is 0 Å². The van der Waals surface area contributed by atoms with Gasteiger partial charge in [-0.25, -0.2) is 0 Å². The molecule has 0 bridgehead atoms. The first-order chi connectivity index (χ1) is 7.49. The van der Waals surface area contributed by atoms with Crippen LogP contribution in [0, 0.1) is 13.8 Å². The number of nitrogens with one attached hydrogen (secondary N) is 1. The van der Waals surface area contributed by atoms with E-state index in [1.165, 1.54) is 0 Å². The predicted molar refractivity (Wildman–Crippen MR) is 58.7 cm³/mol. The standard InChI is InChI=1S/C12H13NO3/c1-8-3-4-10(9(2)7-8)13-11(14)5-6-12(15)16/h3-7H,1-2H3,(H,13,14)(H,15,16)/p-1. The lowest BCUT2D eigenvalue weighted by Gasteiger charge is -2.06. The number of anilines is 1. The molecule has 0 saturated carbocycles. The molecule has 16 heavy (non-hydrogen) atoms. The van der Waals surface area contributed by atoms with Crippen LogP contribution in [0.25, 0.3) is 0 Å². The van der Waals surface area contributed by atoms with Crippen LogP contribution in [0.3, 0.4) is 0 Å². The highest BCUT2D eigenvalue weighted by atomic mass is 16.4. The Morgan fingerprint density at radius 1 is 1.25 bits per heavy atom. The second-order valence-corrected chi connectivity index (χ2v) is 3.46. The number of carbonyl (C=O) groups is 2. The molecular weight excluding hydrogens is 206 g/mol. The molecule has 0 aliphatic carbocycles. The molecule has 1 amide bonds. The molecular formula is C12H12NO3-. The van der Waals surface area contributed by atoms with E-state index in [0.29, 0.717) is 11.8 Å². The van der Waals surface area contributed by atoms with Gasteiger partial charge >= 0.3 is 0 Å². The molecule has 0 aliphatic rings. The van der Waals surface area contributed by atoms with Crippen LogP contribution in [-0.4, -0.2) is 11.9 Å². The molecule has 1 N–H and O–H groups in total. The highest BCUT2D eigenvalue weighted by Crippen LogP contribution is 2.15. The van der Waals surface area contributed by atoms with E-state index in [1.54, 1.807) is 6.07 Å². The minimum Gasteiger partial charge on any atom is -0.545 e. The van der Waals surface area contributed by atoms with Crippen molar-refractivity contribution in [2.24, 2.45) is 0 Å². The number of aryl methyl sites for hydroxylation is 2. The molecule has 4 nitrogen and oxygen atoms in total. The van der Waals surface area contributed by atoms with E-state index < -0.39 is 11.9 Å². The summed E-state index contributed by atoms with van der Waals surface area (Å²) in [7, 11) is 0. The van der Waals surface area contributed by atoms with Crippen molar-refractivity contribution in [3.8, 4) is 0 Å². The van der Waals surface area contributed by atoms with Crippen molar-refractivity contribution >= 4 is 17.6 Å². The third-order valence-electron chi connectivity index (χ3n) is 2.01. The minimum absolute atomic E-state index is 0.490. The number of amides is 1. The van der Waals surface area contributed by atoms with Crippen LogP contribution < -0.4 is 10.4 Å². The molecule has 0 radical (unpaired) electrons. The zero-order valence-corrected chi connectivity index (χ0v) is 9.11. The summed E-state index contributed by atoms with van der Waals surface area (Å²) in [5.74, 6) is -1.88. The predicted octanol–water partition coefficient (Wildman–Crippen LogP) is 0.548. The smallest absolute Gasteiger partial charge is 0.248 e. The fraction of sp³-hybridized carbons (Fsp3) is 0.167. The van der Waals surface area contributed by atoms with Gasteiger partial charge in [-0.1, -0.05) is 17.7 Å². The zero-order valence-electron chi connectivity index (χ0n) is 9.11. The van der Waals surface area contributed by atoms with Crippen LogP contribution in [0.15, 0.2) is 30.4 Å². The van der Waals surface area contributed by atoms with Crippen molar-refractivity contribution < 1.29 is 14.7 Å². The monoisotopic (exact) mass is 218 g/mol. The van der Waals surface area contributed by atoms with Crippen LogP contribution in [-0.2, 0) is 9.59 Å². The number of benzene rings is 1. The molecule has 0 saturated heterocycles. The first-order valence-electron chi connectivity index (χ1n) is 4.76. The van der Waals surface area contributed by atoms with Crippen LogP contribution in [0.5, 0.6) is 0 Å². The van der Waals surface area contributed by atoms with E-state index in [4.69, 9.17) is 0 Å². The molecule has 0 aliphatic heterocycles. The van der Waals surface area contributed by atoms with Gasteiger partial charge in [-0.05, 0) is 31.6 Å². The summed E-state index contributed by atoms with van der Waals surface area (Å²) in [6.07, 6.45) is 1.62. The average Bonchev–Trinajstić information content (AvgIpc) is 2.19. The largest absolute Gasteiger partial charge is 0.545 e. The van der Waals surface area contributed by atoms with Gasteiger partial charge in [-0.2, -0.15) is 0 Å². The van der Waals surface area contributed by atoms with Gasteiger partial charge in [0, 0.05) is 11.8 Å². The third kappa shape index (κ3) is 3.57. The molecule has 0 atom stereocenters. The Labute approximate surface area is 93.6 Å². The van der Waals surface area contributed by atoms with Crippen molar-refractivity contribution in [3.05, 3.63) is 41.5 Å². The second kappa shape index (κ2) is 5.11. The molecule has 0 spiro atoms. The first-order valence-corrected chi connectivity index (χ1v) is 4.76. The Bertz CT molecular complexity index is 450. The summed E-state index contributed by atoms with van der Waals surface area (Å²) in [6.45, 7) is 3.82. The fourth-order valence-corrected chi connectivity index (χ4v) is 1.27. The molecule has 0 heterocycles. The molecule has 1 aromatic carbocycles. The fourth-order valence-electron chi connectivity index (χ4n) is 1.27. The Morgan fingerprint density at radius 2 is 1.94 bits per heavy atom. The molecule has 1 rings (SSSR count). The van der Waals surface area contributed by atoms with E-state index in [9.17, 15) is 14.7 Å². The Balaban J connectivity index is 2.73. The Hall–Kier alpha value is -2.10. The van der Waals surface area contributed by atoms with Crippen molar-refractivity contribution in [2.75, 3.05) is 5.32 Å². The maximum absolute atomic E-state index is 11.3. The van der Waals surface area contributed by atoms with Crippen LogP contribution in [0.2, 0.25) is 0 Å². The van der Waals surface area contributed by atoms with E-state index in [-0.39, 0.29) is 0 Å². The summed E-state index contributed by atoms with van der Waals surface area (Å²) in [6, 6.07) is 5.57. The van der Waals surface area contributed by atoms with E-state index in [0.717, 1.165) is 17.2 Å². The molecule has 84 valence electrons. The normalized spacial score (nSPS) is 10.4. The van der Waals surface area contributed by atoms with E-state index >= 15 is 0 Å². The van der Waals surface area contributed by atoms with Crippen molar-refractivity contribution in [2.45, 2.75) is 13.8 Å². The molecule has 1 aromatic rings. The Morgan fingerprint density at radius 3 is 2.50 bits per heavy atom. The van der Waals surface area contributed by atoms with Gasteiger partial charge in [-0.15, -0.1) is 0 Å². The summed E-state index contributed by atoms with van der Waals surface area (Å²) in [5, 5.41) is 12.7. The summed E-state index contributed by atoms with van der Waals surface area (Å²) in [5.41, 5.74) is 2.69. The molecule has 0 unspecified atom stereocenters. The quantitative estimate of drug-likeness (QED) is 0.753. The lowest BCUT2D eigenvalue weighted by atomic mass is 10.1. The Kier molecular flexibility index (Phi) is 3.83. The number of carboxylic acids is 1. The van der Waals surface area contributed by atoms with E-state index in [2.05, 4.69) is 5.32 Å². The topological polar surface area (TPSA) is 69.2 Å². The number of carbonyl (C=O) groups excluding carboxylic acids is 2. The first kappa shape index (κ1) is 12.0. The number of aliphatic carboxylic acids is 1. The lowest BCUT2D eigenvalue weighted by molar-refractivity contribution is -0.297. The summed E-state index contributed by atoms with van der Waals surface area (Å²) in [4.78, 5) is 21.4. The number of rotatable bonds is 3. The number of carboxylic acid groups (broad SMARTS) is 1. The second-order valence-electron chi connectivity index (χ2n) is 3.46. The van der Waals surface area contributed by atoms with Crippen molar-refractivity contribution in [1.82, 2.24) is 0 Å². The number of hydrogen-bond acceptors (Lipinski definition) is 3. The van der Waals surface area contributed by atoms with Crippen molar-refractivity contribution in [3.63, 3.8) is 0 Å². The summed E-state index contributed by atoms with van der Waals surface area (Å²) >= 11 is 0. The van der Waals surface area contributed by atoms with E-state index in [1.807, 2.05) is 26.0 Å². The van der Waals surface area contributed by atoms with Crippen LogP contribution in [0.4, 0.5) is 5.69 Å². The highest BCUT2D eigenvalue weighted by Gasteiger charge is 2.01. The summed E-state index contributed by atoms with van der Waals surface area (Å²) < 4.78 is 0. The number of hydrogen-bond donors (Lipinski definition) is 1. The van der Waals surface area contributed by atoms with Gasteiger partial charge in [0.15, 0.2) is 0 Å². The lowest BCUT2D eigenvalue weighted by Crippen LogP contribution is -2.20. The zero-order chi connectivity index (χ0) is 12.1. The minimum atomic E-state index is -1.39. The highest BCUT2D eigenvalue weighted by molar-refractivity contribution is 6.02. The maximum atomic E-state index is 11.3.